The Labute approximate surface area is 53.5 Å². The Bertz CT molecular complexity index is 279. The summed E-state index contributed by atoms with van der Waals surface area (Å²) in [4.78, 5) is 0. The average molecular weight is 116 g/mol. The zero-order valence-corrected chi connectivity index (χ0v) is 4.91. The van der Waals surface area contributed by atoms with Gasteiger partial charge in [0.15, 0.2) is 0 Å². The van der Waals surface area contributed by atoms with Gasteiger partial charge in [0.25, 0.3) is 0 Å². The zero-order chi connectivity index (χ0) is 6.10. The van der Waals surface area contributed by atoms with Gasteiger partial charge in [0.05, 0.1) is 5.52 Å². The lowest BCUT2D eigenvalue weighted by Gasteiger charge is -1.88. The molecule has 0 aromatic carbocycles. The maximum Gasteiger partial charge on any atom is 0.0529 e. The van der Waals surface area contributed by atoms with E-state index in [-0.39, 0.29) is 0 Å². The highest BCUT2D eigenvalue weighted by molar-refractivity contribution is 5.45. The molecule has 43 valence electrons. The number of pyridine rings is 1. The molecule has 0 bridgehead atoms. The van der Waals surface area contributed by atoms with Crippen molar-refractivity contribution in [1.82, 2.24) is 4.40 Å². The fourth-order valence-corrected chi connectivity index (χ4v) is 0.911. The van der Waals surface area contributed by atoms with Crippen molar-refractivity contribution in [3.05, 3.63) is 42.7 Å². The van der Waals surface area contributed by atoms with Crippen LogP contribution < -0.4 is 0 Å². The molecule has 1 heteroatoms. The summed E-state index contributed by atoms with van der Waals surface area (Å²) in [6, 6.07) is 11.0. The highest BCUT2D eigenvalue weighted by atomic mass is 14.8. The molecule has 1 nitrogen and oxygen atoms in total. The standard InChI is InChI=1S/C8H6N/c1-2-6-9-7-3-5-8(9)4-1/h1-4,6-7H. The van der Waals surface area contributed by atoms with Gasteiger partial charge in [-0.05, 0) is 18.2 Å². The number of aromatic nitrogens is 1. The van der Waals surface area contributed by atoms with Crippen LogP contribution in [0.25, 0.3) is 5.52 Å². The highest BCUT2D eigenvalue weighted by Crippen LogP contribution is 2.00. The van der Waals surface area contributed by atoms with E-state index in [2.05, 4.69) is 6.07 Å². The minimum Gasteiger partial charge on any atom is -0.323 e. The van der Waals surface area contributed by atoms with Crippen LogP contribution in [0.4, 0.5) is 0 Å². The van der Waals surface area contributed by atoms with Crippen molar-refractivity contribution in [3.8, 4) is 0 Å². The van der Waals surface area contributed by atoms with Crippen LogP contribution in [0.1, 0.15) is 0 Å². The smallest absolute Gasteiger partial charge is 0.0529 e. The molecule has 0 saturated carbocycles. The maximum absolute atomic E-state index is 3.08. The lowest BCUT2D eigenvalue weighted by Crippen LogP contribution is -1.75. The number of hydrogen-bond donors (Lipinski definition) is 0. The Hall–Kier alpha value is -1.24. The lowest BCUT2D eigenvalue weighted by atomic mass is 10.4. The first-order valence-corrected chi connectivity index (χ1v) is 2.90. The number of nitrogens with zero attached hydrogens (tertiary/aromatic N) is 1. The van der Waals surface area contributed by atoms with Crippen molar-refractivity contribution in [3.63, 3.8) is 0 Å². The Morgan fingerprint density at radius 1 is 1.22 bits per heavy atom. The molecule has 0 spiro atoms. The molecule has 1 radical (unpaired) electrons. The molecule has 9 heavy (non-hydrogen) atoms. The summed E-state index contributed by atoms with van der Waals surface area (Å²) < 4.78 is 2.03. The van der Waals surface area contributed by atoms with Gasteiger partial charge in [0, 0.05) is 18.5 Å². The van der Waals surface area contributed by atoms with Gasteiger partial charge < -0.3 is 4.40 Å². The van der Waals surface area contributed by atoms with E-state index in [1.807, 2.05) is 41.1 Å². The molecule has 2 aromatic rings. The first-order valence-electron chi connectivity index (χ1n) is 2.90. The van der Waals surface area contributed by atoms with E-state index in [1.54, 1.807) is 0 Å². The molecule has 0 aliphatic carbocycles. The largest absolute Gasteiger partial charge is 0.323 e. The molecule has 0 aliphatic heterocycles. The van der Waals surface area contributed by atoms with Gasteiger partial charge in [-0.25, -0.2) is 0 Å². The van der Waals surface area contributed by atoms with Crippen molar-refractivity contribution < 1.29 is 0 Å². The summed E-state index contributed by atoms with van der Waals surface area (Å²) in [5, 5.41) is 0. The van der Waals surface area contributed by atoms with Crippen molar-refractivity contribution in [2.45, 2.75) is 0 Å². The summed E-state index contributed by atoms with van der Waals surface area (Å²) in [6.45, 7) is 0. The molecule has 2 heterocycles. The Morgan fingerprint density at radius 3 is 3.11 bits per heavy atom. The van der Waals surface area contributed by atoms with Gasteiger partial charge in [0.1, 0.15) is 0 Å². The topological polar surface area (TPSA) is 4.41 Å². The van der Waals surface area contributed by atoms with E-state index >= 15 is 0 Å². The van der Waals surface area contributed by atoms with Crippen LogP contribution in [0, 0.1) is 6.07 Å². The minimum absolute atomic E-state index is 1.12. The lowest BCUT2D eigenvalue weighted by molar-refractivity contribution is 1.20. The first kappa shape index (κ1) is 4.62. The van der Waals surface area contributed by atoms with Crippen LogP contribution in [-0.2, 0) is 0 Å². The van der Waals surface area contributed by atoms with Gasteiger partial charge >= 0.3 is 0 Å². The van der Waals surface area contributed by atoms with Crippen LogP contribution in [-0.4, -0.2) is 4.40 Å². The summed E-state index contributed by atoms with van der Waals surface area (Å²) in [7, 11) is 0. The van der Waals surface area contributed by atoms with Crippen LogP contribution in [0.3, 0.4) is 0 Å². The Balaban J connectivity index is 2.95. The molecule has 0 saturated heterocycles. The molecule has 0 aliphatic rings. The number of rotatable bonds is 0. The molecular formula is C8H6N. The molecule has 0 atom stereocenters. The normalized spacial score (nSPS) is 10.2. The second kappa shape index (κ2) is 1.62. The van der Waals surface area contributed by atoms with Gasteiger partial charge in [-0.3, -0.25) is 0 Å². The predicted molar refractivity (Wildman–Crippen MR) is 36.2 cm³/mol. The summed E-state index contributed by atoms with van der Waals surface area (Å²) >= 11 is 0. The average Bonchev–Trinajstić information content (AvgIpc) is 2.33. The van der Waals surface area contributed by atoms with Crippen molar-refractivity contribution in [1.29, 1.82) is 0 Å². The minimum atomic E-state index is 1.12. The second-order valence-electron chi connectivity index (χ2n) is 1.95. The van der Waals surface area contributed by atoms with Crippen molar-refractivity contribution in [2.75, 3.05) is 0 Å². The Morgan fingerprint density at radius 2 is 2.22 bits per heavy atom. The van der Waals surface area contributed by atoms with Gasteiger partial charge in [-0.2, -0.15) is 0 Å². The van der Waals surface area contributed by atoms with Gasteiger partial charge in [0.2, 0.25) is 0 Å². The predicted octanol–water partition coefficient (Wildman–Crippen LogP) is 1.74. The maximum atomic E-state index is 3.08. The van der Waals surface area contributed by atoms with Crippen molar-refractivity contribution in [2.24, 2.45) is 0 Å². The zero-order valence-electron chi connectivity index (χ0n) is 4.91. The van der Waals surface area contributed by atoms with Crippen LogP contribution in [0.15, 0.2) is 36.7 Å². The van der Waals surface area contributed by atoms with E-state index in [0.29, 0.717) is 0 Å². The molecular weight excluding hydrogens is 110 g/mol. The molecule has 0 unspecified atom stereocenters. The number of fused-ring (bicyclic) bond motifs is 1. The third-order valence-electron chi connectivity index (χ3n) is 1.36. The SMILES string of the molecule is [c]1ccn2ccccc12. The third-order valence-corrected chi connectivity index (χ3v) is 1.36. The summed E-state index contributed by atoms with van der Waals surface area (Å²) in [5.74, 6) is 0. The molecule has 0 amide bonds. The van der Waals surface area contributed by atoms with E-state index in [0.717, 1.165) is 5.52 Å². The van der Waals surface area contributed by atoms with E-state index in [4.69, 9.17) is 0 Å². The third kappa shape index (κ3) is 0.617. The van der Waals surface area contributed by atoms with Crippen molar-refractivity contribution >= 4 is 5.52 Å². The Kier molecular flexibility index (Phi) is 0.833. The van der Waals surface area contributed by atoms with Crippen LogP contribution in [0.2, 0.25) is 0 Å². The van der Waals surface area contributed by atoms with Gasteiger partial charge in [-0.1, -0.05) is 6.07 Å². The molecule has 2 aromatic heterocycles. The molecule has 0 N–H and O–H groups in total. The molecule has 0 fully saturated rings. The fourth-order valence-electron chi connectivity index (χ4n) is 0.911. The van der Waals surface area contributed by atoms with Crippen LogP contribution >= 0.6 is 0 Å². The number of hydrogen-bond acceptors (Lipinski definition) is 0. The first-order chi connectivity index (χ1) is 4.47. The molecule has 2 rings (SSSR count). The monoisotopic (exact) mass is 116 g/mol. The quantitative estimate of drug-likeness (QED) is 0.494. The van der Waals surface area contributed by atoms with Gasteiger partial charge in [-0.15, -0.1) is 0 Å². The van der Waals surface area contributed by atoms with Crippen LogP contribution in [0.5, 0.6) is 0 Å². The van der Waals surface area contributed by atoms with E-state index in [1.165, 1.54) is 0 Å². The fraction of sp³-hybridized carbons (Fsp3) is 0. The highest BCUT2D eigenvalue weighted by Gasteiger charge is 1.84. The van der Waals surface area contributed by atoms with E-state index < -0.39 is 0 Å². The summed E-state index contributed by atoms with van der Waals surface area (Å²) in [5.41, 5.74) is 1.12. The second-order valence-corrected chi connectivity index (χ2v) is 1.95. The summed E-state index contributed by atoms with van der Waals surface area (Å²) in [6.07, 6.45) is 3.99. The van der Waals surface area contributed by atoms with E-state index in [9.17, 15) is 0 Å².